The minimum Gasteiger partial charge on any atom is -0.292 e. The molecule has 1 aromatic heterocycles. The van der Waals surface area contributed by atoms with Crippen LogP contribution in [-0.4, -0.2) is 20.5 Å². The van der Waals surface area contributed by atoms with Gasteiger partial charge < -0.3 is 0 Å². The maximum atomic E-state index is 12.2. The number of ketones is 1. The van der Waals surface area contributed by atoms with Gasteiger partial charge in [-0.15, -0.1) is 0 Å². The van der Waals surface area contributed by atoms with Gasteiger partial charge >= 0.3 is 0 Å². The normalized spacial score (nSPS) is 10.7. The first-order valence-electron chi connectivity index (χ1n) is 6.34. The lowest BCUT2D eigenvalue weighted by Crippen LogP contribution is -2.11. The molecule has 0 saturated heterocycles. The Morgan fingerprint density at radius 2 is 1.90 bits per heavy atom. The lowest BCUT2D eigenvalue weighted by molar-refractivity contribution is -0.383. The molecule has 0 unspecified atom stereocenters. The van der Waals surface area contributed by atoms with Crippen LogP contribution < -0.4 is 0 Å². The van der Waals surface area contributed by atoms with Crippen molar-refractivity contribution in [3.8, 4) is 0 Å². The third-order valence-electron chi connectivity index (χ3n) is 3.25. The topological polar surface area (TPSA) is 78.0 Å². The van der Waals surface area contributed by atoms with E-state index < -0.39 is 4.92 Å². The predicted molar refractivity (Wildman–Crippen MR) is 77.2 cm³/mol. The molecule has 0 radical (unpaired) electrons. The van der Waals surface area contributed by atoms with Crippen LogP contribution in [0.25, 0.3) is 10.9 Å². The molecule has 0 fully saturated rings. The Balaban J connectivity index is 1.97. The van der Waals surface area contributed by atoms with E-state index in [1.807, 2.05) is 6.07 Å². The minimum atomic E-state index is -0.451. The number of fused-ring (bicyclic) bond motifs is 1. The van der Waals surface area contributed by atoms with Crippen LogP contribution in [0.4, 0.5) is 5.69 Å². The number of nitro groups is 1. The molecular weight excluding hydrogens is 270 g/mol. The molecule has 2 aromatic carbocycles. The second-order valence-electron chi connectivity index (χ2n) is 4.56. The highest BCUT2D eigenvalue weighted by molar-refractivity contribution is 5.97. The van der Waals surface area contributed by atoms with Gasteiger partial charge in [-0.25, -0.2) is 0 Å². The van der Waals surface area contributed by atoms with Gasteiger partial charge in [0.25, 0.3) is 5.69 Å². The average Bonchev–Trinajstić information content (AvgIpc) is 2.91. The fraction of sp³-hybridized carbons (Fsp3) is 0.0667. The van der Waals surface area contributed by atoms with Crippen LogP contribution in [0.1, 0.15) is 10.4 Å². The third kappa shape index (κ3) is 2.38. The summed E-state index contributed by atoms with van der Waals surface area (Å²) in [6.07, 6.45) is 1.42. The van der Waals surface area contributed by atoms with Crippen molar-refractivity contribution >= 4 is 22.4 Å². The number of hydrogen-bond acceptors (Lipinski definition) is 4. The third-order valence-corrected chi connectivity index (χ3v) is 3.25. The number of carbonyl (C=O) groups excluding carboxylic acids is 1. The molecule has 0 amide bonds. The zero-order valence-electron chi connectivity index (χ0n) is 11.0. The molecule has 104 valence electrons. The Hall–Kier alpha value is -3.02. The molecule has 6 nitrogen and oxygen atoms in total. The number of hydrogen-bond donors (Lipinski definition) is 0. The van der Waals surface area contributed by atoms with Crippen LogP contribution in [0.15, 0.2) is 54.7 Å². The summed E-state index contributed by atoms with van der Waals surface area (Å²) in [6, 6.07) is 13.6. The molecule has 0 saturated carbocycles. The van der Waals surface area contributed by atoms with Crippen molar-refractivity contribution < 1.29 is 9.72 Å². The van der Waals surface area contributed by atoms with Crippen LogP contribution in [0.3, 0.4) is 0 Å². The maximum absolute atomic E-state index is 12.2. The zero-order valence-corrected chi connectivity index (χ0v) is 11.0. The largest absolute Gasteiger partial charge is 0.292 e. The number of non-ortho nitro benzene ring substituents is 1. The van der Waals surface area contributed by atoms with Crippen molar-refractivity contribution in [1.82, 2.24) is 9.78 Å². The fourth-order valence-electron chi connectivity index (χ4n) is 2.22. The summed E-state index contributed by atoms with van der Waals surface area (Å²) in [5, 5.41) is 15.5. The molecular formula is C15H11N3O3. The van der Waals surface area contributed by atoms with Crippen molar-refractivity contribution in [3.05, 3.63) is 70.4 Å². The molecule has 0 N–H and O–H groups in total. The lowest BCUT2D eigenvalue weighted by Gasteiger charge is -2.03. The van der Waals surface area contributed by atoms with E-state index in [0.717, 1.165) is 0 Å². The Morgan fingerprint density at radius 1 is 1.14 bits per heavy atom. The molecule has 0 spiro atoms. The van der Waals surface area contributed by atoms with Crippen molar-refractivity contribution in [3.63, 3.8) is 0 Å². The van der Waals surface area contributed by atoms with E-state index in [4.69, 9.17) is 0 Å². The molecule has 0 bridgehead atoms. The summed E-state index contributed by atoms with van der Waals surface area (Å²) in [5.74, 6) is -0.0906. The second-order valence-corrected chi connectivity index (χ2v) is 4.56. The van der Waals surface area contributed by atoms with Gasteiger partial charge in [0.05, 0.1) is 22.0 Å². The van der Waals surface area contributed by atoms with Crippen molar-refractivity contribution in [2.24, 2.45) is 0 Å². The van der Waals surface area contributed by atoms with E-state index in [2.05, 4.69) is 5.10 Å². The van der Waals surface area contributed by atoms with Gasteiger partial charge in [0, 0.05) is 11.6 Å². The highest BCUT2D eigenvalue weighted by atomic mass is 16.6. The molecule has 0 aliphatic heterocycles. The molecule has 0 atom stereocenters. The molecule has 3 rings (SSSR count). The summed E-state index contributed by atoms with van der Waals surface area (Å²) in [7, 11) is 0. The summed E-state index contributed by atoms with van der Waals surface area (Å²) in [6.45, 7) is 0.0503. The Labute approximate surface area is 119 Å². The van der Waals surface area contributed by atoms with Crippen LogP contribution in [0.2, 0.25) is 0 Å². The number of aromatic nitrogens is 2. The molecule has 0 aliphatic rings. The van der Waals surface area contributed by atoms with Crippen molar-refractivity contribution in [2.45, 2.75) is 6.54 Å². The number of nitro benzene ring substituents is 1. The van der Waals surface area contributed by atoms with Gasteiger partial charge in [-0.3, -0.25) is 19.6 Å². The molecule has 6 heteroatoms. The number of rotatable bonds is 4. The minimum absolute atomic E-state index is 0.00842. The van der Waals surface area contributed by atoms with Crippen LogP contribution in [0.5, 0.6) is 0 Å². The summed E-state index contributed by atoms with van der Waals surface area (Å²) < 4.78 is 1.48. The standard InChI is InChI=1S/C15H11N3O3/c19-15(11-5-2-1-3-6-11)10-17-13-7-4-8-14(18(20)21)12(13)9-16-17/h1-9H,10H2. The SMILES string of the molecule is O=C(Cn1ncc2c([N+](=O)[O-])cccc21)c1ccccc1. The monoisotopic (exact) mass is 281 g/mol. The number of carbonyl (C=O) groups is 1. The average molecular weight is 281 g/mol. The quantitative estimate of drug-likeness (QED) is 0.418. The summed E-state index contributed by atoms with van der Waals surface area (Å²) in [4.78, 5) is 22.7. The van der Waals surface area contributed by atoms with Gasteiger partial charge in [-0.1, -0.05) is 36.4 Å². The lowest BCUT2D eigenvalue weighted by atomic mass is 10.1. The molecule has 21 heavy (non-hydrogen) atoms. The van der Waals surface area contributed by atoms with Crippen LogP contribution in [-0.2, 0) is 6.54 Å². The summed E-state index contributed by atoms with van der Waals surface area (Å²) >= 11 is 0. The second kappa shape index (κ2) is 5.16. The first kappa shape index (κ1) is 13.0. The van der Waals surface area contributed by atoms with Gasteiger partial charge in [0.1, 0.15) is 6.54 Å². The van der Waals surface area contributed by atoms with Gasteiger partial charge in [-0.2, -0.15) is 5.10 Å². The summed E-state index contributed by atoms with van der Waals surface area (Å²) in [5.41, 5.74) is 1.16. The van der Waals surface area contributed by atoms with Crippen LogP contribution >= 0.6 is 0 Å². The van der Waals surface area contributed by atoms with Gasteiger partial charge in [0.15, 0.2) is 5.78 Å². The first-order chi connectivity index (χ1) is 10.2. The molecule has 0 aliphatic carbocycles. The van der Waals surface area contributed by atoms with Crippen molar-refractivity contribution in [2.75, 3.05) is 0 Å². The Bertz CT molecular complexity index is 825. The van der Waals surface area contributed by atoms with E-state index in [0.29, 0.717) is 16.5 Å². The predicted octanol–water partition coefficient (Wildman–Crippen LogP) is 2.83. The Morgan fingerprint density at radius 3 is 2.62 bits per heavy atom. The highest BCUT2D eigenvalue weighted by Gasteiger charge is 2.16. The van der Waals surface area contributed by atoms with E-state index in [1.54, 1.807) is 36.4 Å². The van der Waals surface area contributed by atoms with E-state index in [1.165, 1.54) is 16.9 Å². The van der Waals surface area contributed by atoms with E-state index >= 15 is 0 Å². The van der Waals surface area contributed by atoms with E-state index in [9.17, 15) is 14.9 Å². The highest BCUT2D eigenvalue weighted by Crippen LogP contribution is 2.24. The van der Waals surface area contributed by atoms with Crippen molar-refractivity contribution in [1.29, 1.82) is 0 Å². The fourth-order valence-corrected chi connectivity index (χ4v) is 2.22. The van der Waals surface area contributed by atoms with Crippen LogP contribution in [0, 0.1) is 10.1 Å². The first-order valence-corrected chi connectivity index (χ1v) is 6.34. The molecule has 3 aromatic rings. The van der Waals surface area contributed by atoms with E-state index in [-0.39, 0.29) is 18.0 Å². The van der Waals surface area contributed by atoms with Gasteiger partial charge in [-0.05, 0) is 6.07 Å². The number of Topliss-reactive ketones (excluding diaryl/α,β-unsaturated/α-hetero) is 1. The number of nitrogens with zero attached hydrogens (tertiary/aromatic N) is 3. The zero-order chi connectivity index (χ0) is 14.8. The maximum Gasteiger partial charge on any atom is 0.280 e. The molecule has 1 heterocycles. The Kier molecular flexibility index (Phi) is 3.19. The van der Waals surface area contributed by atoms with Gasteiger partial charge in [0.2, 0.25) is 0 Å². The smallest absolute Gasteiger partial charge is 0.280 e. The number of benzene rings is 2.